The number of hydrogen-bond donors (Lipinski definition) is 2. The number of nitrogens with one attached hydrogen (secondary N) is 2. The van der Waals surface area contributed by atoms with Crippen LogP contribution in [0.25, 0.3) is 5.95 Å². The van der Waals surface area contributed by atoms with Gasteiger partial charge in [0.05, 0.1) is 13.2 Å². The first kappa shape index (κ1) is 18.3. The summed E-state index contributed by atoms with van der Waals surface area (Å²) < 4.78 is 6.79. The smallest absolute Gasteiger partial charge is 0.319 e. The van der Waals surface area contributed by atoms with Crippen molar-refractivity contribution in [3.63, 3.8) is 0 Å². The maximum atomic E-state index is 12.4. The fourth-order valence-corrected chi connectivity index (χ4v) is 2.66. The highest BCUT2D eigenvalue weighted by atomic mass is 16.5. The fraction of sp³-hybridized carbons (Fsp3) is 0.278. The Hall–Kier alpha value is -3.49. The molecule has 9 heteroatoms. The van der Waals surface area contributed by atoms with Gasteiger partial charge >= 0.3 is 6.03 Å². The molecule has 2 amide bonds. The van der Waals surface area contributed by atoms with Crippen LogP contribution in [-0.4, -0.2) is 37.9 Å². The molecular weight excluding hydrogens is 346 g/mol. The molecule has 1 aromatic carbocycles. The molecule has 9 nitrogen and oxygen atoms in total. The van der Waals surface area contributed by atoms with Crippen molar-refractivity contribution in [2.75, 3.05) is 12.4 Å². The molecule has 27 heavy (non-hydrogen) atoms. The zero-order valence-corrected chi connectivity index (χ0v) is 15.6. The van der Waals surface area contributed by atoms with E-state index >= 15 is 0 Å². The van der Waals surface area contributed by atoms with E-state index in [4.69, 9.17) is 4.74 Å². The first-order valence-electron chi connectivity index (χ1n) is 8.39. The van der Waals surface area contributed by atoms with Crippen molar-refractivity contribution in [1.29, 1.82) is 0 Å². The largest absolute Gasteiger partial charge is 0.496 e. The number of anilines is 1. The lowest BCUT2D eigenvalue weighted by molar-refractivity contribution is 0.248. The summed E-state index contributed by atoms with van der Waals surface area (Å²) in [4.78, 5) is 25.0. The Morgan fingerprint density at radius 1 is 1.15 bits per heavy atom. The maximum Gasteiger partial charge on any atom is 0.319 e. The Morgan fingerprint density at radius 2 is 1.89 bits per heavy atom. The third-order valence-electron chi connectivity index (χ3n) is 4.04. The van der Waals surface area contributed by atoms with Gasteiger partial charge in [-0.3, -0.25) is 0 Å². The first-order valence-corrected chi connectivity index (χ1v) is 8.39. The minimum absolute atomic E-state index is 0.348. The molecule has 0 saturated carbocycles. The van der Waals surface area contributed by atoms with Crippen molar-refractivity contribution in [3.05, 3.63) is 53.9 Å². The number of carbonyl (C=O) groups is 1. The summed E-state index contributed by atoms with van der Waals surface area (Å²) in [5, 5.41) is 9.85. The zero-order chi connectivity index (χ0) is 19.4. The number of amides is 2. The van der Waals surface area contributed by atoms with E-state index in [0.717, 1.165) is 16.9 Å². The van der Waals surface area contributed by atoms with E-state index in [-0.39, 0.29) is 6.03 Å². The molecule has 0 aliphatic rings. The van der Waals surface area contributed by atoms with Crippen LogP contribution in [0.1, 0.15) is 29.9 Å². The SMILES string of the molecule is COc1cc(C)c(NC(=O)NC(C)c2ncnn2-c2ncccn2)cc1C. The Morgan fingerprint density at radius 3 is 2.59 bits per heavy atom. The van der Waals surface area contributed by atoms with E-state index in [0.29, 0.717) is 17.5 Å². The van der Waals surface area contributed by atoms with Gasteiger partial charge in [-0.1, -0.05) is 0 Å². The molecule has 2 N–H and O–H groups in total. The van der Waals surface area contributed by atoms with Crippen LogP contribution in [0.5, 0.6) is 5.75 Å². The van der Waals surface area contributed by atoms with Crippen molar-refractivity contribution in [2.45, 2.75) is 26.8 Å². The molecule has 2 aromatic heterocycles. The third kappa shape index (κ3) is 4.02. The zero-order valence-electron chi connectivity index (χ0n) is 15.6. The van der Waals surface area contributed by atoms with Crippen molar-refractivity contribution in [3.8, 4) is 11.7 Å². The number of carbonyl (C=O) groups excluding carboxylic acids is 1. The van der Waals surface area contributed by atoms with Crippen LogP contribution in [0, 0.1) is 13.8 Å². The normalized spacial score (nSPS) is 11.7. The first-order chi connectivity index (χ1) is 13.0. The van der Waals surface area contributed by atoms with Crippen LogP contribution >= 0.6 is 0 Å². The number of rotatable bonds is 5. The standard InChI is InChI=1S/C18H21N7O2/c1-11-9-15(27-4)12(2)8-14(11)24-18(26)23-13(3)16-21-10-22-25(16)17-19-6-5-7-20-17/h5-10,13H,1-4H3,(H2,23,24,26). The molecule has 0 aliphatic heterocycles. The van der Waals surface area contributed by atoms with Gasteiger partial charge in [-0.25, -0.2) is 19.7 Å². The van der Waals surface area contributed by atoms with Gasteiger partial charge in [-0.05, 0) is 50.1 Å². The van der Waals surface area contributed by atoms with Crippen molar-refractivity contribution in [2.24, 2.45) is 0 Å². The molecule has 0 fully saturated rings. The van der Waals surface area contributed by atoms with E-state index < -0.39 is 6.04 Å². The Kier molecular flexibility index (Phi) is 5.30. The average molecular weight is 367 g/mol. The quantitative estimate of drug-likeness (QED) is 0.718. The average Bonchev–Trinajstić information content (AvgIpc) is 3.15. The number of hydrogen-bond acceptors (Lipinski definition) is 6. The second kappa shape index (κ2) is 7.81. The predicted molar refractivity (Wildman–Crippen MR) is 100.0 cm³/mol. The van der Waals surface area contributed by atoms with Crippen molar-refractivity contribution in [1.82, 2.24) is 30.0 Å². The monoisotopic (exact) mass is 367 g/mol. The van der Waals surface area contributed by atoms with E-state index in [2.05, 4.69) is 30.7 Å². The van der Waals surface area contributed by atoms with Crippen LogP contribution in [-0.2, 0) is 0 Å². The molecule has 3 aromatic rings. The van der Waals surface area contributed by atoms with Crippen LogP contribution in [0.3, 0.4) is 0 Å². The van der Waals surface area contributed by atoms with Crippen LogP contribution in [0.4, 0.5) is 10.5 Å². The summed E-state index contributed by atoms with van der Waals surface area (Å²) in [6.07, 6.45) is 4.64. The van der Waals surface area contributed by atoms with Crippen molar-refractivity contribution >= 4 is 11.7 Å². The highest BCUT2D eigenvalue weighted by molar-refractivity contribution is 5.90. The summed E-state index contributed by atoms with van der Waals surface area (Å²) in [5.41, 5.74) is 2.55. The van der Waals surface area contributed by atoms with Gasteiger partial charge in [0.25, 0.3) is 5.95 Å². The summed E-state index contributed by atoms with van der Waals surface area (Å²) in [6, 6.07) is 4.72. The topological polar surface area (TPSA) is 107 Å². The molecule has 0 bridgehead atoms. The van der Waals surface area contributed by atoms with E-state index in [9.17, 15) is 4.79 Å². The number of aryl methyl sites for hydroxylation is 2. The lowest BCUT2D eigenvalue weighted by Gasteiger charge is -2.16. The van der Waals surface area contributed by atoms with Crippen molar-refractivity contribution < 1.29 is 9.53 Å². The molecule has 140 valence electrons. The molecular formula is C18H21N7O2. The van der Waals surface area contributed by atoms with Gasteiger partial charge < -0.3 is 15.4 Å². The van der Waals surface area contributed by atoms with Gasteiger partial charge in [0.2, 0.25) is 0 Å². The summed E-state index contributed by atoms with van der Waals surface area (Å²) in [5.74, 6) is 1.70. The second-order valence-electron chi connectivity index (χ2n) is 6.04. The van der Waals surface area contributed by atoms with Gasteiger partial charge in [0.15, 0.2) is 5.82 Å². The van der Waals surface area contributed by atoms with Gasteiger partial charge in [0.1, 0.15) is 12.1 Å². The third-order valence-corrected chi connectivity index (χ3v) is 4.04. The molecule has 0 saturated heterocycles. The molecule has 0 radical (unpaired) electrons. The van der Waals surface area contributed by atoms with Crippen LogP contribution in [0.15, 0.2) is 36.9 Å². The number of methoxy groups -OCH3 is 1. The van der Waals surface area contributed by atoms with Gasteiger partial charge in [-0.2, -0.15) is 9.78 Å². The number of ether oxygens (including phenoxy) is 1. The van der Waals surface area contributed by atoms with Crippen LogP contribution < -0.4 is 15.4 Å². The minimum atomic E-state index is -0.407. The van der Waals surface area contributed by atoms with Gasteiger partial charge in [0, 0.05) is 18.1 Å². The maximum absolute atomic E-state index is 12.4. The molecule has 1 unspecified atom stereocenters. The summed E-state index contributed by atoms with van der Waals surface area (Å²) in [7, 11) is 1.62. The Balaban J connectivity index is 1.72. The minimum Gasteiger partial charge on any atom is -0.496 e. The molecule has 1 atom stereocenters. The van der Waals surface area contributed by atoms with Gasteiger partial charge in [-0.15, -0.1) is 0 Å². The van der Waals surface area contributed by atoms with E-state index in [1.165, 1.54) is 11.0 Å². The molecule has 3 rings (SSSR count). The Labute approximate surface area is 156 Å². The molecule has 2 heterocycles. The number of nitrogens with zero attached hydrogens (tertiary/aromatic N) is 5. The summed E-state index contributed by atoms with van der Waals surface area (Å²) >= 11 is 0. The second-order valence-corrected chi connectivity index (χ2v) is 6.04. The lowest BCUT2D eigenvalue weighted by Crippen LogP contribution is -2.33. The molecule has 0 aliphatic carbocycles. The highest BCUT2D eigenvalue weighted by Gasteiger charge is 2.18. The highest BCUT2D eigenvalue weighted by Crippen LogP contribution is 2.26. The molecule has 0 spiro atoms. The van der Waals surface area contributed by atoms with Crippen LogP contribution in [0.2, 0.25) is 0 Å². The lowest BCUT2D eigenvalue weighted by atomic mass is 10.1. The van der Waals surface area contributed by atoms with E-state index in [1.807, 2.05) is 32.9 Å². The fourth-order valence-electron chi connectivity index (χ4n) is 2.66. The Bertz CT molecular complexity index is 940. The number of benzene rings is 1. The van der Waals surface area contributed by atoms with E-state index in [1.54, 1.807) is 25.6 Å². The number of aromatic nitrogens is 5. The summed E-state index contributed by atoms with van der Waals surface area (Å²) in [6.45, 7) is 5.64. The predicted octanol–water partition coefficient (Wildman–Crippen LogP) is 2.57. The number of urea groups is 1.